The molecule has 0 fully saturated rings. The van der Waals surface area contributed by atoms with Gasteiger partial charge in [0.25, 0.3) is 0 Å². The second kappa shape index (κ2) is 17.3. The summed E-state index contributed by atoms with van der Waals surface area (Å²) in [4.78, 5) is 4.78. The first-order valence-electron chi connectivity index (χ1n) is 17.7. The zero-order valence-corrected chi connectivity index (χ0v) is 33.4. The molecule has 0 bridgehead atoms. The predicted octanol–water partition coefficient (Wildman–Crippen LogP) is 13.2. The number of aromatic nitrogens is 3. The molecule has 47 heavy (non-hydrogen) atoms. The van der Waals surface area contributed by atoms with Crippen molar-refractivity contribution in [2.45, 2.75) is 130 Å². The fourth-order valence-electron chi connectivity index (χ4n) is 7.39. The average molecular weight is 791 g/mol. The van der Waals surface area contributed by atoms with E-state index in [0.717, 1.165) is 55.3 Å². The fraction of sp³-hybridized carbons (Fsp3) is 0.500. The first-order valence-corrected chi connectivity index (χ1v) is 23.7. The van der Waals surface area contributed by atoms with Crippen molar-refractivity contribution in [3.05, 3.63) is 98.3 Å². The van der Waals surface area contributed by atoms with Crippen LogP contribution in [0.1, 0.15) is 153 Å². The number of para-hydroxylation sites is 2. The van der Waals surface area contributed by atoms with Crippen molar-refractivity contribution in [2.24, 2.45) is 0 Å². The van der Waals surface area contributed by atoms with Crippen molar-refractivity contribution in [1.82, 2.24) is 14.1 Å². The second-order valence-corrected chi connectivity index (χ2v) is 21.1. The van der Waals surface area contributed by atoms with Gasteiger partial charge in [-0.05, 0) is 0 Å². The quantitative estimate of drug-likeness (QED) is 0.110. The topological polar surface area (TPSA) is 22.8 Å². The number of rotatable bonds is 15. The van der Waals surface area contributed by atoms with Crippen molar-refractivity contribution < 1.29 is 13.0 Å². The van der Waals surface area contributed by atoms with Crippen LogP contribution in [-0.2, 0) is 13.0 Å². The van der Waals surface area contributed by atoms with Crippen LogP contribution in [0.15, 0.2) is 67.1 Å². The number of hydrogen-bond acceptors (Lipinski definition) is 1. The van der Waals surface area contributed by atoms with Crippen LogP contribution in [0.3, 0.4) is 0 Å². The molecule has 0 aliphatic rings. The van der Waals surface area contributed by atoms with Gasteiger partial charge < -0.3 is 0 Å². The van der Waals surface area contributed by atoms with Gasteiger partial charge in [0.15, 0.2) is 0 Å². The zero-order chi connectivity index (χ0) is 34.3. The van der Waals surface area contributed by atoms with E-state index in [-0.39, 0.29) is 0 Å². The molecule has 0 aliphatic carbocycles. The third-order valence-corrected chi connectivity index (χ3v) is 16.5. The monoisotopic (exact) mass is 788 g/mol. The standard InChI is InChI=1S/C35H52N2.C5H3ClN.2ClH.Pd/c1-9-26(10-2)30-19-17-20-31(27(11-3)12-4)34(30)36-23-24-37(25-36)35-32(28(13-5)14-6)21-18-22-33(35)29(15-7)16-8;6-5-2-1-3-7-4-5;;;/h17-24,26-29H,9-16H2,1-8H3;1-3H;2*1H;/q;;;;-1/p-2. The summed E-state index contributed by atoms with van der Waals surface area (Å²) in [6.07, 6.45) is 14.6. The summed E-state index contributed by atoms with van der Waals surface area (Å²) in [5, 5.41) is 0.510. The van der Waals surface area contributed by atoms with Crippen molar-refractivity contribution in [3.63, 3.8) is 0 Å². The predicted molar refractivity (Wildman–Crippen MR) is 202 cm³/mol. The maximum atomic E-state index is 7.87. The van der Waals surface area contributed by atoms with Crippen LogP contribution in [0.25, 0.3) is 11.4 Å². The molecule has 2 aromatic heterocycles. The number of pyridine rings is 1. The van der Waals surface area contributed by atoms with Crippen LogP contribution < -0.4 is 4.17 Å². The van der Waals surface area contributed by atoms with E-state index in [1.807, 2.05) is 12.1 Å². The fourth-order valence-corrected chi connectivity index (χ4v) is 13.7. The number of hydrogen-bond donors (Lipinski definition) is 0. The summed E-state index contributed by atoms with van der Waals surface area (Å²) in [6, 6.07) is 17.5. The maximum absolute atomic E-state index is 7.87. The van der Waals surface area contributed by atoms with E-state index in [0.29, 0.717) is 32.9 Å². The Morgan fingerprint density at radius 1 is 0.553 bits per heavy atom. The molecule has 0 spiro atoms. The SMILES string of the molecule is CCC(CC)c1cccc(C(CC)CC)c1-n1ccn(-c2c(C(CC)CC)cccc2C(CC)CC)[c]1=[Pd-3]([Cl])([Cl])[c]1ncccc1Cl. The number of nitrogens with zero attached hydrogens (tertiary/aromatic N) is 3. The Labute approximate surface area is 300 Å². The Balaban J connectivity index is 2.35. The van der Waals surface area contributed by atoms with Crippen molar-refractivity contribution in [3.8, 4) is 11.4 Å². The Bertz CT molecular complexity index is 1550. The first kappa shape index (κ1) is 38.1. The molecule has 0 N–H and O–H groups in total. The van der Waals surface area contributed by atoms with E-state index in [1.165, 1.54) is 33.6 Å². The Hall–Kier alpha value is -1.67. The van der Waals surface area contributed by atoms with Crippen LogP contribution in [0, 0.1) is 3.89 Å². The Morgan fingerprint density at radius 2 is 0.894 bits per heavy atom. The van der Waals surface area contributed by atoms with Gasteiger partial charge in [0.2, 0.25) is 0 Å². The van der Waals surface area contributed by atoms with E-state index >= 15 is 0 Å². The summed E-state index contributed by atoms with van der Waals surface area (Å²) >= 11 is 3.17. The van der Waals surface area contributed by atoms with Crippen molar-refractivity contribution >= 4 is 34.8 Å². The van der Waals surface area contributed by atoms with Crippen LogP contribution in [0.5, 0.6) is 0 Å². The van der Waals surface area contributed by atoms with Crippen LogP contribution in [0.2, 0.25) is 5.02 Å². The Kier molecular flexibility index (Phi) is 14.1. The van der Waals surface area contributed by atoms with Crippen LogP contribution in [0.4, 0.5) is 0 Å². The summed E-state index contributed by atoms with van der Waals surface area (Å²) in [5.41, 5.74) is 7.85. The zero-order valence-electron chi connectivity index (χ0n) is 29.6. The third-order valence-electron chi connectivity index (χ3n) is 10.2. The molecule has 2 aromatic carbocycles. The summed E-state index contributed by atoms with van der Waals surface area (Å²) < 4.78 is 6.17. The minimum atomic E-state index is -3.75. The molecule has 0 saturated heterocycles. The average Bonchev–Trinajstić information content (AvgIpc) is 3.53. The van der Waals surface area contributed by atoms with Gasteiger partial charge in [-0.3, -0.25) is 0 Å². The molecule has 4 rings (SSSR count). The first-order chi connectivity index (χ1) is 22.7. The van der Waals surface area contributed by atoms with Crippen LogP contribution in [-0.4, -0.2) is 14.1 Å². The molecule has 7 heteroatoms. The molecular formula is C40H55Cl3N3Pd-3. The van der Waals surface area contributed by atoms with E-state index in [9.17, 15) is 0 Å². The molecule has 0 aliphatic heterocycles. The summed E-state index contributed by atoms with van der Waals surface area (Å²) in [5.74, 6) is 1.62. The minimum absolute atomic E-state index is 0.404. The van der Waals surface area contributed by atoms with Gasteiger partial charge in [0, 0.05) is 0 Å². The second-order valence-electron chi connectivity index (χ2n) is 12.5. The van der Waals surface area contributed by atoms with Gasteiger partial charge >= 0.3 is 302 Å². The van der Waals surface area contributed by atoms with E-state index in [1.54, 1.807) is 6.20 Å². The molecule has 0 unspecified atom stereocenters. The third kappa shape index (κ3) is 7.59. The van der Waals surface area contributed by atoms with E-state index < -0.39 is 13.0 Å². The molecule has 4 aromatic rings. The van der Waals surface area contributed by atoms with E-state index in [4.69, 9.17) is 35.6 Å². The molecule has 0 saturated carbocycles. The van der Waals surface area contributed by atoms with Gasteiger partial charge in [-0.2, -0.15) is 0 Å². The molecule has 0 amide bonds. The van der Waals surface area contributed by atoms with Gasteiger partial charge in [-0.1, -0.05) is 0 Å². The normalized spacial score (nSPS) is 12.7. The summed E-state index contributed by atoms with van der Waals surface area (Å²) in [7, 11) is 15.7. The molecule has 3 nitrogen and oxygen atoms in total. The molecule has 0 atom stereocenters. The molecule has 0 radical (unpaired) electrons. The van der Waals surface area contributed by atoms with Crippen molar-refractivity contribution in [2.75, 3.05) is 0 Å². The number of benzene rings is 2. The van der Waals surface area contributed by atoms with Gasteiger partial charge in [-0.15, -0.1) is 0 Å². The van der Waals surface area contributed by atoms with Crippen molar-refractivity contribution in [1.29, 1.82) is 0 Å². The molecule has 264 valence electrons. The Morgan fingerprint density at radius 3 is 1.19 bits per heavy atom. The van der Waals surface area contributed by atoms with E-state index in [2.05, 4.69) is 113 Å². The molecular weight excluding hydrogens is 735 g/mol. The van der Waals surface area contributed by atoms with Gasteiger partial charge in [-0.25, -0.2) is 0 Å². The number of halogens is 3. The van der Waals surface area contributed by atoms with Gasteiger partial charge in [0.05, 0.1) is 0 Å². The summed E-state index contributed by atoms with van der Waals surface area (Å²) in [6.45, 7) is 18.4. The molecule has 2 heterocycles. The van der Waals surface area contributed by atoms with Gasteiger partial charge in [0.1, 0.15) is 0 Å². The number of imidazole rings is 1. The van der Waals surface area contributed by atoms with Crippen LogP contribution >= 0.6 is 30.7 Å².